The maximum atomic E-state index is 11.0. The van der Waals surface area contributed by atoms with Crippen LogP contribution in [0, 0.1) is 0 Å². The monoisotopic (exact) mass is 173 g/mol. The number of amides is 2. The maximum absolute atomic E-state index is 11.0. The van der Waals surface area contributed by atoms with Crippen molar-refractivity contribution in [3.8, 4) is 0 Å². The molecule has 1 rings (SSSR count). The molecule has 0 saturated carbocycles. The fourth-order valence-electron chi connectivity index (χ4n) is 1.08. The van der Waals surface area contributed by atoms with Crippen molar-refractivity contribution in [2.75, 3.05) is 32.8 Å². The first-order valence-electron chi connectivity index (χ1n) is 4.22. The molecule has 0 atom stereocenters. The molecule has 0 aromatic heterocycles. The largest absolute Gasteiger partial charge is 0.336 e. The Morgan fingerprint density at radius 3 is 3.17 bits per heavy atom. The molecule has 1 saturated heterocycles. The quantitative estimate of drug-likeness (QED) is 0.437. The molecular weight excluding hydrogens is 158 g/mol. The molecule has 12 heavy (non-hydrogen) atoms. The van der Waals surface area contributed by atoms with E-state index >= 15 is 0 Å². The van der Waals surface area contributed by atoms with Gasteiger partial charge in [-0.3, -0.25) is 0 Å². The molecule has 0 aliphatic carbocycles. The van der Waals surface area contributed by atoms with Crippen molar-refractivity contribution in [1.29, 1.82) is 0 Å². The Morgan fingerprint density at radius 1 is 1.75 bits per heavy atom. The molecular formula is C7H15N3O2. The number of urea groups is 1. The number of carbonyl (C=O) groups is 1. The summed E-state index contributed by atoms with van der Waals surface area (Å²) in [5, 5.41) is 2.73. The minimum absolute atomic E-state index is 0.0216. The molecule has 0 aromatic rings. The third-order valence-corrected chi connectivity index (χ3v) is 1.68. The van der Waals surface area contributed by atoms with Crippen LogP contribution in [0.15, 0.2) is 0 Å². The molecule has 5 nitrogen and oxygen atoms in total. The standard InChI is InChI=1S/C7H15N3O2/c1-2-12-9-4-6-10-5-3-8-7(10)11/h9H,2-6H2,1H3,(H,8,11). The molecule has 2 amide bonds. The molecule has 1 aliphatic rings. The third-order valence-electron chi connectivity index (χ3n) is 1.68. The van der Waals surface area contributed by atoms with E-state index < -0.39 is 0 Å². The predicted molar refractivity (Wildman–Crippen MR) is 44.6 cm³/mol. The summed E-state index contributed by atoms with van der Waals surface area (Å²) in [5.74, 6) is 0. The highest BCUT2D eigenvalue weighted by atomic mass is 16.6. The fraction of sp³-hybridized carbons (Fsp3) is 0.857. The topological polar surface area (TPSA) is 53.6 Å². The van der Waals surface area contributed by atoms with Crippen molar-refractivity contribution in [3.63, 3.8) is 0 Å². The van der Waals surface area contributed by atoms with E-state index in [9.17, 15) is 4.79 Å². The molecule has 2 N–H and O–H groups in total. The van der Waals surface area contributed by atoms with E-state index in [-0.39, 0.29) is 6.03 Å². The minimum atomic E-state index is 0.0216. The molecule has 5 heteroatoms. The Bertz CT molecular complexity index is 152. The Labute approximate surface area is 72.0 Å². The second kappa shape index (κ2) is 4.95. The summed E-state index contributed by atoms with van der Waals surface area (Å²) >= 11 is 0. The van der Waals surface area contributed by atoms with E-state index in [0.717, 1.165) is 13.1 Å². The van der Waals surface area contributed by atoms with Gasteiger partial charge in [0, 0.05) is 26.2 Å². The smallest absolute Gasteiger partial charge is 0.317 e. The Hall–Kier alpha value is -0.810. The number of nitrogens with zero attached hydrogens (tertiary/aromatic N) is 1. The summed E-state index contributed by atoms with van der Waals surface area (Å²) in [5.41, 5.74) is 2.76. The number of hydrogen-bond acceptors (Lipinski definition) is 3. The Balaban J connectivity index is 2.02. The Morgan fingerprint density at radius 2 is 2.58 bits per heavy atom. The molecule has 0 bridgehead atoms. The summed E-state index contributed by atoms with van der Waals surface area (Å²) < 4.78 is 0. The number of rotatable bonds is 5. The van der Waals surface area contributed by atoms with Gasteiger partial charge in [0.05, 0.1) is 6.61 Å². The van der Waals surface area contributed by atoms with E-state index in [0.29, 0.717) is 19.7 Å². The first kappa shape index (κ1) is 9.28. The lowest BCUT2D eigenvalue weighted by atomic mass is 10.5. The van der Waals surface area contributed by atoms with Crippen molar-refractivity contribution < 1.29 is 9.63 Å². The molecule has 0 spiro atoms. The number of hydrogen-bond donors (Lipinski definition) is 2. The lowest BCUT2D eigenvalue weighted by Gasteiger charge is -2.13. The van der Waals surface area contributed by atoms with Gasteiger partial charge in [-0.25, -0.2) is 10.3 Å². The number of nitrogens with one attached hydrogen (secondary N) is 2. The first-order chi connectivity index (χ1) is 5.84. The first-order valence-corrected chi connectivity index (χ1v) is 4.22. The SMILES string of the molecule is CCONCCN1CCNC1=O. The van der Waals surface area contributed by atoms with E-state index in [1.54, 1.807) is 4.90 Å². The molecule has 70 valence electrons. The van der Waals surface area contributed by atoms with Crippen LogP contribution in [0.2, 0.25) is 0 Å². The molecule has 1 fully saturated rings. The maximum Gasteiger partial charge on any atom is 0.317 e. The van der Waals surface area contributed by atoms with E-state index in [4.69, 9.17) is 4.84 Å². The van der Waals surface area contributed by atoms with Crippen LogP contribution in [0.5, 0.6) is 0 Å². The summed E-state index contributed by atoms with van der Waals surface area (Å²) in [6.07, 6.45) is 0. The zero-order valence-electron chi connectivity index (χ0n) is 7.30. The van der Waals surface area contributed by atoms with Gasteiger partial charge >= 0.3 is 6.03 Å². The van der Waals surface area contributed by atoms with Crippen LogP contribution in [-0.2, 0) is 4.84 Å². The summed E-state index contributed by atoms with van der Waals surface area (Å²) in [6, 6.07) is 0.0216. The minimum Gasteiger partial charge on any atom is -0.336 e. The van der Waals surface area contributed by atoms with Crippen LogP contribution in [0.25, 0.3) is 0 Å². The zero-order chi connectivity index (χ0) is 8.81. The van der Waals surface area contributed by atoms with Gasteiger partial charge in [-0.1, -0.05) is 0 Å². The summed E-state index contributed by atoms with van der Waals surface area (Å²) in [7, 11) is 0. The predicted octanol–water partition coefficient (Wildman–Crippen LogP) is -0.447. The normalized spacial score (nSPS) is 16.8. The van der Waals surface area contributed by atoms with Crippen LogP contribution < -0.4 is 10.8 Å². The van der Waals surface area contributed by atoms with Gasteiger partial charge in [0.2, 0.25) is 0 Å². The van der Waals surface area contributed by atoms with Gasteiger partial charge in [0.1, 0.15) is 0 Å². The van der Waals surface area contributed by atoms with Gasteiger partial charge in [0.15, 0.2) is 0 Å². The zero-order valence-corrected chi connectivity index (χ0v) is 7.30. The third kappa shape index (κ3) is 2.67. The highest BCUT2D eigenvalue weighted by molar-refractivity contribution is 5.76. The molecule has 0 aromatic carbocycles. The van der Waals surface area contributed by atoms with Gasteiger partial charge in [-0.2, -0.15) is 0 Å². The highest BCUT2D eigenvalue weighted by Gasteiger charge is 2.17. The van der Waals surface area contributed by atoms with Crippen LogP contribution in [0.1, 0.15) is 6.92 Å². The lowest BCUT2D eigenvalue weighted by Crippen LogP contribution is -2.34. The van der Waals surface area contributed by atoms with Crippen molar-refractivity contribution in [2.24, 2.45) is 0 Å². The van der Waals surface area contributed by atoms with Crippen LogP contribution >= 0.6 is 0 Å². The van der Waals surface area contributed by atoms with Crippen molar-refractivity contribution >= 4 is 6.03 Å². The summed E-state index contributed by atoms with van der Waals surface area (Å²) in [6.45, 7) is 5.49. The average Bonchev–Trinajstić information content (AvgIpc) is 2.46. The van der Waals surface area contributed by atoms with Crippen molar-refractivity contribution in [2.45, 2.75) is 6.92 Å². The second-order valence-corrected chi connectivity index (χ2v) is 2.55. The van der Waals surface area contributed by atoms with E-state index in [2.05, 4.69) is 10.8 Å². The van der Waals surface area contributed by atoms with Gasteiger partial charge in [-0.05, 0) is 6.92 Å². The molecule has 0 radical (unpaired) electrons. The molecule has 1 aliphatic heterocycles. The van der Waals surface area contributed by atoms with Gasteiger partial charge < -0.3 is 15.1 Å². The molecule has 0 unspecified atom stereocenters. The van der Waals surface area contributed by atoms with Crippen LogP contribution in [0.3, 0.4) is 0 Å². The van der Waals surface area contributed by atoms with Crippen molar-refractivity contribution in [1.82, 2.24) is 15.7 Å². The average molecular weight is 173 g/mol. The molecule has 1 heterocycles. The lowest BCUT2D eigenvalue weighted by molar-refractivity contribution is 0.0478. The summed E-state index contributed by atoms with van der Waals surface area (Å²) in [4.78, 5) is 17.7. The van der Waals surface area contributed by atoms with E-state index in [1.165, 1.54) is 0 Å². The van der Waals surface area contributed by atoms with E-state index in [1.807, 2.05) is 6.92 Å². The van der Waals surface area contributed by atoms with Gasteiger partial charge in [0.25, 0.3) is 0 Å². The number of carbonyl (C=O) groups excluding carboxylic acids is 1. The Kier molecular flexibility index (Phi) is 3.83. The second-order valence-electron chi connectivity index (χ2n) is 2.55. The highest BCUT2D eigenvalue weighted by Crippen LogP contribution is 1.93. The number of hydroxylamine groups is 1. The van der Waals surface area contributed by atoms with Gasteiger partial charge in [-0.15, -0.1) is 0 Å². The van der Waals surface area contributed by atoms with Crippen LogP contribution in [0.4, 0.5) is 4.79 Å². The fourth-order valence-corrected chi connectivity index (χ4v) is 1.08. The van der Waals surface area contributed by atoms with Crippen LogP contribution in [-0.4, -0.2) is 43.7 Å². The van der Waals surface area contributed by atoms with Crippen molar-refractivity contribution in [3.05, 3.63) is 0 Å².